The maximum Gasteiger partial charge on any atom is 0.313 e. The molecule has 5 nitrogen and oxygen atoms in total. The van der Waals surface area contributed by atoms with E-state index in [1.165, 1.54) is 6.07 Å². The fourth-order valence-electron chi connectivity index (χ4n) is 3.97. The van der Waals surface area contributed by atoms with Crippen LogP contribution in [0.5, 0.6) is 5.75 Å². The Morgan fingerprint density at radius 1 is 1.15 bits per heavy atom. The molecule has 0 radical (unpaired) electrons. The number of likely N-dealkylation sites (N-methyl/N-ethyl adjacent to an activating group) is 1. The molecule has 2 aromatic rings. The molecule has 0 aromatic heterocycles. The number of anilines is 1. The van der Waals surface area contributed by atoms with Gasteiger partial charge in [0.25, 0.3) is 0 Å². The van der Waals surface area contributed by atoms with Gasteiger partial charge in [-0.15, -0.1) is 0 Å². The van der Waals surface area contributed by atoms with Gasteiger partial charge in [-0.05, 0) is 55.8 Å². The number of nitrogens with zero attached hydrogens (tertiary/aromatic N) is 2. The van der Waals surface area contributed by atoms with Crippen molar-refractivity contribution < 1.29 is 9.66 Å². The molecule has 0 saturated heterocycles. The van der Waals surface area contributed by atoms with Crippen molar-refractivity contribution in [3.63, 3.8) is 0 Å². The van der Waals surface area contributed by atoms with Crippen molar-refractivity contribution in [1.29, 1.82) is 0 Å². The van der Waals surface area contributed by atoms with Crippen LogP contribution in [-0.2, 0) is 5.41 Å². The van der Waals surface area contributed by atoms with Crippen molar-refractivity contribution in [2.75, 3.05) is 11.9 Å². The van der Waals surface area contributed by atoms with Gasteiger partial charge in [0.05, 0.1) is 10.3 Å². The predicted molar refractivity (Wildman–Crippen MR) is 103 cm³/mol. The lowest BCUT2D eigenvalue weighted by molar-refractivity contribution is -0.386. The maximum absolute atomic E-state index is 11.5. The summed E-state index contributed by atoms with van der Waals surface area (Å²) < 4.78 is 6.37. The summed E-state index contributed by atoms with van der Waals surface area (Å²) in [4.78, 5) is 13.1. The molecule has 0 amide bonds. The van der Waals surface area contributed by atoms with Gasteiger partial charge >= 0.3 is 5.69 Å². The number of benzene rings is 2. The minimum atomic E-state index is -0.911. The number of halogens is 2. The van der Waals surface area contributed by atoms with E-state index in [1.807, 2.05) is 56.1 Å². The van der Waals surface area contributed by atoms with E-state index in [2.05, 4.69) is 0 Å². The average Bonchev–Trinajstić information content (AvgIpc) is 2.73. The third-order valence-electron chi connectivity index (χ3n) is 5.39. The summed E-state index contributed by atoms with van der Waals surface area (Å²) in [5, 5.41) is 12.5. The molecule has 2 aliphatic heterocycles. The lowest BCUT2D eigenvalue weighted by Gasteiger charge is -2.45. The van der Waals surface area contributed by atoms with Gasteiger partial charge < -0.3 is 9.64 Å². The first-order valence-corrected chi connectivity index (χ1v) is 8.83. The molecule has 0 N–H and O–H groups in total. The SMILES string of the molecule is CN1c2ccc(Cl)cc2C(C)(C)C12C=Cc1cc(Cl)cc([N+](=O)[O-])c1O2. The van der Waals surface area contributed by atoms with Gasteiger partial charge in [0.2, 0.25) is 11.5 Å². The molecule has 1 atom stereocenters. The lowest BCUT2D eigenvalue weighted by atomic mass is 9.76. The Kier molecular flexibility index (Phi) is 3.56. The summed E-state index contributed by atoms with van der Waals surface area (Å²) in [7, 11) is 1.92. The summed E-state index contributed by atoms with van der Waals surface area (Å²) in [5.41, 5.74) is 1.04. The molecule has 2 aromatic carbocycles. The number of hydrogen-bond donors (Lipinski definition) is 0. The lowest BCUT2D eigenvalue weighted by Crippen LogP contribution is -2.58. The molecule has 0 fully saturated rings. The molecule has 7 heteroatoms. The van der Waals surface area contributed by atoms with Crippen molar-refractivity contribution in [3.8, 4) is 5.75 Å². The van der Waals surface area contributed by atoms with Gasteiger partial charge in [0.1, 0.15) is 0 Å². The van der Waals surface area contributed by atoms with Crippen LogP contribution in [0.3, 0.4) is 0 Å². The highest BCUT2D eigenvalue weighted by Crippen LogP contribution is 2.56. The third kappa shape index (κ3) is 2.10. The van der Waals surface area contributed by atoms with Crippen molar-refractivity contribution >= 4 is 40.7 Å². The topological polar surface area (TPSA) is 55.6 Å². The van der Waals surface area contributed by atoms with E-state index >= 15 is 0 Å². The van der Waals surface area contributed by atoms with Gasteiger partial charge in [-0.2, -0.15) is 0 Å². The molecule has 4 rings (SSSR count). The summed E-state index contributed by atoms with van der Waals surface area (Å²) in [6, 6.07) is 8.68. The van der Waals surface area contributed by atoms with Crippen LogP contribution in [0, 0.1) is 10.1 Å². The average molecular weight is 391 g/mol. The van der Waals surface area contributed by atoms with Crippen LogP contribution in [0.1, 0.15) is 25.0 Å². The van der Waals surface area contributed by atoms with Crippen LogP contribution in [0.15, 0.2) is 36.4 Å². The minimum Gasteiger partial charge on any atom is -0.456 e. The van der Waals surface area contributed by atoms with Gasteiger partial charge in [-0.3, -0.25) is 10.1 Å². The quantitative estimate of drug-likeness (QED) is 0.481. The Morgan fingerprint density at radius 3 is 2.58 bits per heavy atom. The summed E-state index contributed by atoms with van der Waals surface area (Å²) in [6.45, 7) is 4.09. The fraction of sp³-hybridized carbons (Fsp3) is 0.263. The van der Waals surface area contributed by atoms with Crippen LogP contribution in [0.4, 0.5) is 11.4 Å². The Hall–Kier alpha value is -2.24. The number of fused-ring (bicyclic) bond motifs is 2. The second kappa shape index (κ2) is 5.38. The van der Waals surface area contributed by atoms with E-state index in [4.69, 9.17) is 27.9 Å². The normalized spacial score (nSPS) is 22.1. The monoisotopic (exact) mass is 390 g/mol. The van der Waals surface area contributed by atoms with E-state index in [0.717, 1.165) is 11.3 Å². The second-order valence-corrected chi connectivity index (χ2v) is 7.95. The molecule has 1 unspecified atom stereocenters. The van der Waals surface area contributed by atoms with Crippen LogP contribution in [0.25, 0.3) is 6.08 Å². The summed E-state index contributed by atoms with van der Waals surface area (Å²) in [6.07, 6.45) is 3.77. The largest absolute Gasteiger partial charge is 0.456 e. The van der Waals surface area contributed by atoms with Crippen molar-refractivity contribution in [1.82, 2.24) is 0 Å². The van der Waals surface area contributed by atoms with Crippen LogP contribution in [0.2, 0.25) is 10.0 Å². The van der Waals surface area contributed by atoms with E-state index in [-0.39, 0.29) is 11.4 Å². The Balaban J connectivity index is 1.93. The fourth-order valence-corrected chi connectivity index (χ4v) is 4.36. The molecular formula is C19H16Cl2N2O3. The molecule has 0 aliphatic carbocycles. The number of nitro benzene ring substituents is 1. The van der Waals surface area contributed by atoms with Gasteiger partial charge in [0.15, 0.2) is 0 Å². The molecule has 26 heavy (non-hydrogen) atoms. The minimum absolute atomic E-state index is 0.144. The van der Waals surface area contributed by atoms with Crippen LogP contribution in [-0.4, -0.2) is 17.7 Å². The Morgan fingerprint density at radius 2 is 1.88 bits per heavy atom. The number of rotatable bonds is 1. The molecule has 2 heterocycles. The first-order valence-electron chi connectivity index (χ1n) is 8.07. The Labute approximate surface area is 160 Å². The third-order valence-corrected chi connectivity index (χ3v) is 5.85. The van der Waals surface area contributed by atoms with Crippen LogP contribution >= 0.6 is 23.2 Å². The first kappa shape index (κ1) is 17.2. The predicted octanol–water partition coefficient (Wildman–Crippen LogP) is 5.43. The van der Waals surface area contributed by atoms with Gasteiger partial charge in [-0.25, -0.2) is 0 Å². The molecule has 0 saturated carbocycles. The number of nitro groups is 1. The zero-order valence-corrected chi connectivity index (χ0v) is 15.9. The van der Waals surface area contributed by atoms with Gasteiger partial charge in [0, 0.05) is 34.4 Å². The highest BCUT2D eigenvalue weighted by atomic mass is 35.5. The standard InChI is InChI=1S/C19H16Cl2N2O3/c1-18(2)14-9-12(20)4-5-15(14)22(3)19(18)7-6-11-8-13(21)10-16(23(24)25)17(11)26-19/h4-10H,1-3H3. The molecule has 134 valence electrons. The van der Waals surface area contributed by atoms with Crippen LogP contribution < -0.4 is 9.64 Å². The van der Waals surface area contributed by atoms with E-state index < -0.39 is 16.1 Å². The Bertz CT molecular complexity index is 987. The van der Waals surface area contributed by atoms with Crippen molar-refractivity contribution in [2.24, 2.45) is 0 Å². The first-order chi connectivity index (χ1) is 12.2. The van der Waals surface area contributed by atoms with E-state index in [9.17, 15) is 10.1 Å². The highest BCUT2D eigenvalue weighted by molar-refractivity contribution is 6.31. The zero-order valence-electron chi connectivity index (χ0n) is 14.4. The summed E-state index contributed by atoms with van der Waals surface area (Å²) in [5.74, 6) is 0.223. The highest BCUT2D eigenvalue weighted by Gasteiger charge is 2.58. The maximum atomic E-state index is 11.5. The zero-order chi connectivity index (χ0) is 18.9. The molecule has 1 spiro atoms. The van der Waals surface area contributed by atoms with Gasteiger partial charge in [-0.1, -0.05) is 23.2 Å². The summed E-state index contributed by atoms with van der Waals surface area (Å²) >= 11 is 12.2. The van der Waals surface area contributed by atoms with Crippen molar-refractivity contribution in [3.05, 3.63) is 67.7 Å². The molecule has 2 aliphatic rings. The van der Waals surface area contributed by atoms with E-state index in [0.29, 0.717) is 15.6 Å². The smallest absolute Gasteiger partial charge is 0.313 e. The van der Waals surface area contributed by atoms with Crippen molar-refractivity contribution in [2.45, 2.75) is 25.0 Å². The molecular weight excluding hydrogens is 375 g/mol. The second-order valence-electron chi connectivity index (χ2n) is 7.08. The molecule has 0 bridgehead atoms. The number of ether oxygens (including phenoxy) is 1. The number of hydrogen-bond acceptors (Lipinski definition) is 4. The van der Waals surface area contributed by atoms with E-state index in [1.54, 1.807) is 6.07 Å².